The first kappa shape index (κ1) is 23.8. The summed E-state index contributed by atoms with van der Waals surface area (Å²) < 4.78 is 13.2. The molecule has 2 aromatic heterocycles. The molecule has 2 amide bonds. The van der Waals surface area contributed by atoms with E-state index in [2.05, 4.69) is 30.5 Å². The van der Waals surface area contributed by atoms with Crippen LogP contribution in [-0.4, -0.2) is 50.6 Å². The van der Waals surface area contributed by atoms with Gasteiger partial charge in [0, 0.05) is 19.3 Å². The van der Waals surface area contributed by atoms with Gasteiger partial charge in [-0.1, -0.05) is 19.9 Å². The molecule has 170 valence electrons. The second-order valence-electron chi connectivity index (χ2n) is 7.21. The maximum Gasteiger partial charge on any atom is 0.290 e. The van der Waals surface area contributed by atoms with Crippen LogP contribution in [0.2, 0.25) is 0 Å². The van der Waals surface area contributed by atoms with Crippen LogP contribution in [0.25, 0.3) is 6.08 Å². The van der Waals surface area contributed by atoms with E-state index in [1.54, 1.807) is 24.4 Å². The van der Waals surface area contributed by atoms with E-state index in [4.69, 9.17) is 0 Å². The maximum atomic E-state index is 13.2. The second-order valence-corrected chi connectivity index (χ2v) is 8.22. The minimum Gasteiger partial charge on any atom is -0.354 e. The molecule has 0 bridgehead atoms. The number of nitrogens with zero attached hydrogens (tertiary/aromatic N) is 4. The molecule has 0 spiro atoms. The Morgan fingerprint density at radius 3 is 2.69 bits per heavy atom. The Morgan fingerprint density at radius 1 is 1.22 bits per heavy atom. The van der Waals surface area contributed by atoms with Crippen molar-refractivity contribution in [2.45, 2.75) is 33.2 Å². The molecule has 0 unspecified atom stereocenters. The van der Waals surface area contributed by atoms with Gasteiger partial charge in [0.15, 0.2) is 0 Å². The summed E-state index contributed by atoms with van der Waals surface area (Å²) in [6.45, 7) is 7.27. The van der Waals surface area contributed by atoms with Crippen LogP contribution in [0, 0.1) is 11.9 Å². The lowest BCUT2D eigenvalue weighted by Gasteiger charge is -2.31. The van der Waals surface area contributed by atoms with E-state index in [1.165, 1.54) is 6.07 Å². The van der Waals surface area contributed by atoms with E-state index < -0.39 is 11.9 Å². The van der Waals surface area contributed by atoms with Crippen molar-refractivity contribution < 1.29 is 14.0 Å². The highest BCUT2D eigenvalue weighted by atomic mass is 32.2. The van der Waals surface area contributed by atoms with E-state index in [0.29, 0.717) is 29.0 Å². The Kier molecular flexibility index (Phi) is 8.69. The molecule has 10 heteroatoms. The molecule has 2 fully saturated rings. The number of carbonyl (C=O) groups excluding carboxylic acids is 2. The SMILES string of the molecule is CC.O=C1NC(=O)/C(=C/c2ccnc(NCC3CCN(Cc4cccc(F)n4)CC3)n2)S1. The number of carbonyl (C=O) groups is 2. The summed E-state index contributed by atoms with van der Waals surface area (Å²) in [5.74, 6) is 0.133. The van der Waals surface area contributed by atoms with E-state index in [-0.39, 0.29) is 5.24 Å². The van der Waals surface area contributed by atoms with Gasteiger partial charge in [-0.25, -0.2) is 15.0 Å². The molecule has 0 saturated carbocycles. The Bertz CT molecular complexity index is 978. The predicted octanol–water partition coefficient (Wildman–Crippen LogP) is 3.68. The zero-order valence-electron chi connectivity index (χ0n) is 18.2. The Hall–Kier alpha value is -2.85. The van der Waals surface area contributed by atoms with Crippen molar-refractivity contribution in [3.63, 3.8) is 0 Å². The third-order valence-electron chi connectivity index (χ3n) is 5.01. The summed E-state index contributed by atoms with van der Waals surface area (Å²) in [5.41, 5.74) is 1.32. The molecular weight excluding hydrogens is 431 g/mol. The fourth-order valence-corrected chi connectivity index (χ4v) is 4.11. The van der Waals surface area contributed by atoms with Crippen LogP contribution in [0.5, 0.6) is 0 Å². The number of aromatic nitrogens is 3. The molecule has 0 aliphatic carbocycles. The first-order valence-corrected chi connectivity index (χ1v) is 11.5. The molecule has 8 nitrogen and oxygen atoms in total. The molecule has 2 N–H and O–H groups in total. The quantitative estimate of drug-likeness (QED) is 0.499. The molecule has 2 aliphatic heterocycles. The molecule has 0 aromatic carbocycles. The maximum absolute atomic E-state index is 13.2. The number of likely N-dealkylation sites (tertiary alicyclic amines) is 1. The molecule has 4 heterocycles. The van der Waals surface area contributed by atoms with E-state index >= 15 is 0 Å². The third kappa shape index (κ3) is 6.83. The van der Waals surface area contributed by atoms with E-state index in [9.17, 15) is 14.0 Å². The van der Waals surface area contributed by atoms with Gasteiger partial charge in [-0.15, -0.1) is 0 Å². The zero-order valence-corrected chi connectivity index (χ0v) is 19.0. The van der Waals surface area contributed by atoms with Gasteiger partial charge < -0.3 is 5.32 Å². The van der Waals surface area contributed by atoms with Crippen LogP contribution >= 0.6 is 11.8 Å². The van der Waals surface area contributed by atoms with Gasteiger partial charge in [-0.05, 0) is 67.9 Å². The lowest BCUT2D eigenvalue weighted by Crippen LogP contribution is -2.35. The first-order chi connectivity index (χ1) is 15.5. The molecule has 4 rings (SSSR count). The number of thioether (sulfide) groups is 1. The highest BCUT2D eigenvalue weighted by molar-refractivity contribution is 8.18. The summed E-state index contributed by atoms with van der Waals surface area (Å²) in [6.07, 6.45) is 5.24. The number of imide groups is 1. The molecule has 0 atom stereocenters. The van der Waals surface area contributed by atoms with Crippen molar-refractivity contribution in [2.24, 2.45) is 5.92 Å². The zero-order chi connectivity index (χ0) is 22.9. The van der Waals surface area contributed by atoms with Crippen molar-refractivity contribution in [2.75, 3.05) is 25.0 Å². The number of hydrogen-bond acceptors (Lipinski definition) is 8. The predicted molar refractivity (Wildman–Crippen MR) is 123 cm³/mol. The second kappa shape index (κ2) is 11.7. The van der Waals surface area contributed by atoms with E-state index in [0.717, 1.165) is 49.9 Å². The highest BCUT2D eigenvalue weighted by Gasteiger charge is 2.25. The Labute approximate surface area is 191 Å². The lowest BCUT2D eigenvalue weighted by atomic mass is 9.97. The summed E-state index contributed by atoms with van der Waals surface area (Å²) in [6, 6.07) is 6.58. The van der Waals surface area contributed by atoms with Gasteiger partial charge in [0.1, 0.15) is 0 Å². The number of amides is 2. The summed E-state index contributed by atoms with van der Waals surface area (Å²) in [7, 11) is 0. The van der Waals surface area contributed by atoms with Crippen LogP contribution in [-0.2, 0) is 11.3 Å². The van der Waals surface area contributed by atoms with Crippen molar-refractivity contribution in [3.8, 4) is 0 Å². The van der Waals surface area contributed by atoms with Crippen molar-refractivity contribution >= 4 is 34.9 Å². The number of anilines is 1. The van der Waals surface area contributed by atoms with Gasteiger partial charge >= 0.3 is 0 Å². The number of pyridine rings is 1. The molecule has 2 aliphatic rings. The van der Waals surface area contributed by atoms with Gasteiger partial charge in [-0.3, -0.25) is 19.8 Å². The first-order valence-electron chi connectivity index (χ1n) is 10.7. The average Bonchev–Trinajstić information content (AvgIpc) is 3.11. The summed E-state index contributed by atoms with van der Waals surface area (Å²) in [4.78, 5) is 38.1. The highest BCUT2D eigenvalue weighted by Crippen LogP contribution is 2.25. The Morgan fingerprint density at radius 2 is 2.00 bits per heavy atom. The number of nitrogens with one attached hydrogen (secondary N) is 2. The molecular formula is C22H27FN6O2S. The fourth-order valence-electron chi connectivity index (χ4n) is 3.45. The van der Waals surface area contributed by atoms with Gasteiger partial charge in [0.25, 0.3) is 11.1 Å². The van der Waals surface area contributed by atoms with Gasteiger partial charge in [0.05, 0.1) is 16.3 Å². The topological polar surface area (TPSA) is 100 Å². The fraction of sp³-hybridized carbons (Fsp3) is 0.409. The van der Waals surface area contributed by atoms with Gasteiger partial charge in [0.2, 0.25) is 11.9 Å². The number of rotatable bonds is 6. The normalized spacial score (nSPS) is 18.3. The minimum atomic E-state index is -0.441. The van der Waals surface area contributed by atoms with E-state index in [1.807, 2.05) is 19.9 Å². The standard InChI is InChI=1S/C20H21FN6O2S.C2H6/c21-17-3-1-2-15(24-17)12-27-8-5-13(6-9-27)11-23-19-22-7-4-14(25-19)10-16-18(28)26-20(29)30-16;1-2/h1-4,7,10,13H,5-6,8-9,11-12H2,(H,22,23,25)(H,26,28,29);1-2H3/b16-10-;. The number of hydrogen-bond donors (Lipinski definition) is 2. The van der Waals surface area contributed by atoms with Crippen molar-refractivity contribution in [1.29, 1.82) is 0 Å². The Balaban J connectivity index is 0.00000141. The number of piperidine rings is 1. The van der Waals surface area contributed by atoms with Crippen molar-refractivity contribution in [3.05, 3.63) is 52.7 Å². The van der Waals surface area contributed by atoms with Crippen LogP contribution in [0.4, 0.5) is 15.1 Å². The molecule has 2 saturated heterocycles. The molecule has 2 aromatic rings. The minimum absolute atomic E-state index is 0.324. The van der Waals surface area contributed by atoms with Gasteiger partial charge in [-0.2, -0.15) is 4.39 Å². The smallest absolute Gasteiger partial charge is 0.290 e. The van der Waals surface area contributed by atoms with Crippen LogP contribution < -0.4 is 10.6 Å². The summed E-state index contributed by atoms with van der Waals surface area (Å²) in [5, 5.41) is 5.11. The van der Waals surface area contributed by atoms with Crippen LogP contribution in [0.3, 0.4) is 0 Å². The monoisotopic (exact) mass is 458 g/mol. The van der Waals surface area contributed by atoms with Crippen LogP contribution in [0.15, 0.2) is 35.4 Å². The molecule has 0 radical (unpaired) electrons. The molecule has 32 heavy (non-hydrogen) atoms. The third-order valence-corrected chi connectivity index (χ3v) is 5.82. The summed E-state index contributed by atoms with van der Waals surface area (Å²) >= 11 is 0.863. The lowest BCUT2D eigenvalue weighted by molar-refractivity contribution is -0.115. The van der Waals surface area contributed by atoms with Crippen LogP contribution in [0.1, 0.15) is 38.1 Å². The van der Waals surface area contributed by atoms with Crippen molar-refractivity contribution in [1.82, 2.24) is 25.2 Å². The average molecular weight is 459 g/mol. The number of halogens is 1. The largest absolute Gasteiger partial charge is 0.354 e.